The molecule has 0 saturated heterocycles. The first kappa shape index (κ1) is 14.7. The Labute approximate surface area is 113 Å². The van der Waals surface area contributed by atoms with Gasteiger partial charge in [-0.2, -0.15) is 0 Å². The van der Waals surface area contributed by atoms with Crippen molar-refractivity contribution in [2.45, 2.75) is 39.8 Å². The second kappa shape index (κ2) is 6.53. The van der Waals surface area contributed by atoms with Gasteiger partial charge in [0.2, 0.25) is 0 Å². The van der Waals surface area contributed by atoms with E-state index in [9.17, 15) is 0 Å². The monoisotopic (exact) mass is 298 g/mol. The molecule has 17 heavy (non-hydrogen) atoms. The van der Waals surface area contributed by atoms with Crippen LogP contribution in [-0.2, 0) is 6.54 Å². The van der Waals surface area contributed by atoms with Crippen LogP contribution in [0.2, 0.25) is 0 Å². The van der Waals surface area contributed by atoms with E-state index in [0.29, 0.717) is 0 Å². The minimum Gasteiger partial charge on any atom is -0.311 e. The fraction of sp³-hybridized carbons (Fsp3) is 0.571. The van der Waals surface area contributed by atoms with E-state index >= 15 is 0 Å². The summed E-state index contributed by atoms with van der Waals surface area (Å²) in [6.07, 6.45) is 0. The first-order valence-electron chi connectivity index (χ1n) is 6.09. The highest BCUT2D eigenvalue weighted by atomic mass is 79.9. The molecule has 0 fully saturated rings. The molecule has 96 valence electrons. The van der Waals surface area contributed by atoms with Crippen molar-refractivity contribution in [2.24, 2.45) is 0 Å². The van der Waals surface area contributed by atoms with Crippen LogP contribution in [0.4, 0.5) is 0 Å². The van der Waals surface area contributed by atoms with Crippen LogP contribution in [0.5, 0.6) is 0 Å². The summed E-state index contributed by atoms with van der Waals surface area (Å²) in [6, 6.07) is 6.48. The van der Waals surface area contributed by atoms with Gasteiger partial charge in [0, 0.05) is 29.6 Å². The molecule has 0 spiro atoms. The van der Waals surface area contributed by atoms with E-state index in [1.807, 2.05) is 0 Å². The Hall–Kier alpha value is -0.380. The number of nitrogens with one attached hydrogen (secondary N) is 2. The van der Waals surface area contributed by atoms with E-state index in [4.69, 9.17) is 0 Å². The number of rotatable bonds is 5. The summed E-state index contributed by atoms with van der Waals surface area (Å²) in [5, 5.41) is 6.90. The topological polar surface area (TPSA) is 24.1 Å². The van der Waals surface area contributed by atoms with Crippen LogP contribution in [-0.4, -0.2) is 18.6 Å². The minimum atomic E-state index is 0.201. The molecule has 0 aliphatic rings. The second-order valence-corrected chi connectivity index (χ2v) is 6.30. The van der Waals surface area contributed by atoms with Crippen LogP contribution in [0.15, 0.2) is 22.7 Å². The third kappa shape index (κ3) is 6.20. The molecule has 0 heterocycles. The SMILES string of the molecule is Cc1ccc(CNCCNC(C)(C)C)c(Br)c1. The maximum atomic E-state index is 3.59. The van der Waals surface area contributed by atoms with Gasteiger partial charge in [0.15, 0.2) is 0 Å². The van der Waals surface area contributed by atoms with Gasteiger partial charge in [-0.3, -0.25) is 0 Å². The molecular formula is C14H23BrN2. The molecule has 0 radical (unpaired) electrons. The average Bonchev–Trinajstić information content (AvgIpc) is 2.18. The van der Waals surface area contributed by atoms with Gasteiger partial charge in [-0.1, -0.05) is 28.1 Å². The zero-order valence-electron chi connectivity index (χ0n) is 11.2. The Morgan fingerprint density at radius 3 is 2.47 bits per heavy atom. The van der Waals surface area contributed by atoms with Crippen molar-refractivity contribution in [3.05, 3.63) is 33.8 Å². The molecule has 1 aromatic rings. The first-order chi connectivity index (χ1) is 7.88. The summed E-state index contributed by atoms with van der Waals surface area (Å²) in [6.45, 7) is 11.5. The fourth-order valence-electron chi connectivity index (χ4n) is 1.54. The Balaban J connectivity index is 2.27. The standard InChI is InChI=1S/C14H23BrN2/c1-11-5-6-12(13(15)9-11)10-16-7-8-17-14(2,3)4/h5-6,9,16-17H,7-8,10H2,1-4H3. The Kier molecular flexibility index (Phi) is 5.63. The van der Waals surface area contributed by atoms with Gasteiger partial charge in [0.05, 0.1) is 0 Å². The normalized spacial score (nSPS) is 11.8. The largest absolute Gasteiger partial charge is 0.311 e. The van der Waals surface area contributed by atoms with Crippen molar-refractivity contribution in [3.8, 4) is 0 Å². The molecule has 2 nitrogen and oxygen atoms in total. The Bertz CT molecular complexity index is 356. The summed E-state index contributed by atoms with van der Waals surface area (Å²) < 4.78 is 1.19. The molecule has 3 heteroatoms. The van der Waals surface area contributed by atoms with Gasteiger partial charge in [-0.25, -0.2) is 0 Å². The molecule has 0 aliphatic carbocycles. The third-order valence-corrected chi connectivity index (χ3v) is 3.22. The predicted molar refractivity (Wildman–Crippen MR) is 78.3 cm³/mol. The zero-order valence-corrected chi connectivity index (χ0v) is 12.8. The highest BCUT2D eigenvalue weighted by Crippen LogP contribution is 2.17. The van der Waals surface area contributed by atoms with E-state index in [1.54, 1.807) is 0 Å². The van der Waals surface area contributed by atoms with Crippen molar-refractivity contribution in [1.29, 1.82) is 0 Å². The van der Waals surface area contributed by atoms with Gasteiger partial charge in [0.1, 0.15) is 0 Å². The van der Waals surface area contributed by atoms with Crippen molar-refractivity contribution in [2.75, 3.05) is 13.1 Å². The van der Waals surface area contributed by atoms with Crippen LogP contribution >= 0.6 is 15.9 Å². The van der Waals surface area contributed by atoms with Gasteiger partial charge < -0.3 is 10.6 Å². The van der Waals surface area contributed by atoms with Gasteiger partial charge >= 0.3 is 0 Å². The second-order valence-electron chi connectivity index (χ2n) is 5.45. The number of aryl methyl sites for hydroxylation is 1. The molecule has 0 amide bonds. The molecule has 0 atom stereocenters. The van der Waals surface area contributed by atoms with Crippen molar-refractivity contribution in [1.82, 2.24) is 10.6 Å². The molecule has 0 bridgehead atoms. The summed E-state index contributed by atoms with van der Waals surface area (Å²) in [7, 11) is 0. The molecule has 1 aromatic carbocycles. The van der Waals surface area contributed by atoms with Crippen molar-refractivity contribution < 1.29 is 0 Å². The fourth-order valence-corrected chi connectivity index (χ4v) is 2.18. The lowest BCUT2D eigenvalue weighted by Crippen LogP contribution is -2.40. The zero-order chi connectivity index (χ0) is 12.9. The summed E-state index contributed by atoms with van der Waals surface area (Å²) in [5.41, 5.74) is 2.80. The highest BCUT2D eigenvalue weighted by Gasteiger charge is 2.07. The number of hydrogen-bond acceptors (Lipinski definition) is 2. The number of halogens is 1. The van der Waals surface area contributed by atoms with Crippen LogP contribution in [0.3, 0.4) is 0 Å². The Morgan fingerprint density at radius 2 is 1.88 bits per heavy atom. The lowest BCUT2D eigenvalue weighted by Gasteiger charge is -2.20. The number of benzene rings is 1. The molecule has 1 rings (SSSR count). The number of hydrogen-bond donors (Lipinski definition) is 2. The van der Waals surface area contributed by atoms with E-state index in [1.165, 1.54) is 15.6 Å². The summed E-state index contributed by atoms with van der Waals surface area (Å²) in [5.74, 6) is 0. The Morgan fingerprint density at radius 1 is 1.18 bits per heavy atom. The molecule has 0 aromatic heterocycles. The van der Waals surface area contributed by atoms with Gasteiger partial charge in [-0.15, -0.1) is 0 Å². The molecule has 0 aliphatic heterocycles. The van der Waals surface area contributed by atoms with Crippen LogP contribution in [0.25, 0.3) is 0 Å². The smallest absolute Gasteiger partial charge is 0.0222 e. The van der Waals surface area contributed by atoms with E-state index < -0.39 is 0 Å². The van der Waals surface area contributed by atoms with Crippen LogP contribution < -0.4 is 10.6 Å². The highest BCUT2D eigenvalue weighted by molar-refractivity contribution is 9.10. The van der Waals surface area contributed by atoms with Gasteiger partial charge in [-0.05, 0) is 44.9 Å². The summed E-state index contributed by atoms with van der Waals surface area (Å²) >= 11 is 3.59. The van der Waals surface area contributed by atoms with Crippen LogP contribution in [0.1, 0.15) is 31.9 Å². The van der Waals surface area contributed by atoms with Crippen molar-refractivity contribution >= 4 is 15.9 Å². The predicted octanol–water partition coefficient (Wildman–Crippen LogP) is 3.24. The van der Waals surface area contributed by atoms with E-state index in [0.717, 1.165) is 19.6 Å². The minimum absolute atomic E-state index is 0.201. The van der Waals surface area contributed by atoms with Crippen molar-refractivity contribution in [3.63, 3.8) is 0 Å². The quantitative estimate of drug-likeness (QED) is 0.816. The summed E-state index contributed by atoms with van der Waals surface area (Å²) in [4.78, 5) is 0. The van der Waals surface area contributed by atoms with E-state index in [2.05, 4.69) is 72.5 Å². The lowest BCUT2D eigenvalue weighted by atomic mass is 10.1. The maximum Gasteiger partial charge on any atom is 0.0222 e. The maximum absolute atomic E-state index is 3.59. The molecule has 0 saturated carbocycles. The molecule has 0 unspecified atom stereocenters. The third-order valence-electron chi connectivity index (χ3n) is 2.48. The lowest BCUT2D eigenvalue weighted by molar-refractivity contribution is 0.421. The van der Waals surface area contributed by atoms with Crippen LogP contribution in [0, 0.1) is 6.92 Å². The first-order valence-corrected chi connectivity index (χ1v) is 6.88. The average molecular weight is 299 g/mol. The van der Waals surface area contributed by atoms with Gasteiger partial charge in [0.25, 0.3) is 0 Å². The van der Waals surface area contributed by atoms with E-state index in [-0.39, 0.29) is 5.54 Å². The molecule has 2 N–H and O–H groups in total. The molecular weight excluding hydrogens is 276 g/mol.